The first-order chi connectivity index (χ1) is 13.6. The molecule has 2 N–H and O–H groups in total. The molecule has 2 amide bonds. The lowest BCUT2D eigenvalue weighted by Crippen LogP contribution is -2.52. The van der Waals surface area contributed by atoms with Gasteiger partial charge in [0.25, 0.3) is 0 Å². The maximum absolute atomic E-state index is 12.5. The molecule has 6 heteroatoms. The minimum absolute atomic E-state index is 0.242. The van der Waals surface area contributed by atoms with E-state index in [4.69, 9.17) is 4.74 Å². The molecule has 1 aromatic carbocycles. The van der Waals surface area contributed by atoms with E-state index >= 15 is 0 Å². The number of carbonyl (C=O) groups is 2. The molecule has 152 valence electrons. The molecular weight excluding hydrogens is 354 g/mol. The van der Waals surface area contributed by atoms with Crippen LogP contribution in [0.3, 0.4) is 0 Å². The summed E-state index contributed by atoms with van der Waals surface area (Å²) < 4.78 is 5.24. The van der Waals surface area contributed by atoms with E-state index in [2.05, 4.69) is 45.9 Å². The van der Waals surface area contributed by atoms with Crippen molar-refractivity contribution >= 4 is 12.0 Å². The highest BCUT2D eigenvalue weighted by atomic mass is 16.5. The fraction of sp³-hybridized carbons (Fsp3) is 0.545. The van der Waals surface area contributed by atoms with Crippen LogP contribution >= 0.6 is 0 Å². The Balaban J connectivity index is 1.63. The average molecular weight is 386 g/mol. The Hall–Kier alpha value is -2.34. The molecule has 2 heterocycles. The predicted molar refractivity (Wildman–Crippen MR) is 109 cm³/mol. The van der Waals surface area contributed by atoms with Crippen LogP contribution in [-0.2, 0) is 16.0 Å². The first kappa shape index (κ1) is 20.4. The summed E-state index contributed by atoms with van der Waals surface area (Å²) in [5.74, 6) is 0.346. The number of urea groups is 1. The van der Waals surface area contributed by atoms with Gasteiger partial charge in [0.05, 0.1) is 18.2 Å². The second-order valence-electron chi connectivity index (χ2n) is 7.58. The minimum Gasteiger partial charge on any atom is -0.463 e. The molecule has 0 radical (unpaired) electrons. The summed E-state index contributed by atoms with van der Waals surface area (Å²) in [5.41, 5.74) is 2.65. The Morgan fingerprint density at radius 1 is 1.18 bits per heavy atom. The van der Waals surface area contributed by atoms with Gasteiger partial charge in [-0.25, -0.2) is 9.59 Å². The number of rotatable bonds is 7. The van der Waals surface area contributed by atoms with Gasteiger partial charge in [-0.05, 0) is 57.2 Å². The molecule has 2 aliphatic rings. The van der Waals surface area contributed by atoms with Crippen molar-refractivity contribution in [1.82, 2.24) is 15.5 Å². The zero-order valence-corrected chi connectivity index (χ0v) is 16.9. The third-order valence-electron chi connectivity index (χ3n) is 5.60. The molecule has 0 aliphatic carbocycles. The van der Waals surface area contributed by atoms with Crippen LogP contribution in [-0.4, -0.2) is 49.2 Å². The van der Waals surface area contributed by atoms with Gasteiger partial charge in [-0.2, -0.15) is 0 Å². The summed E-state index contributed by atoms with van der Waals surface area (Å²) in [4.78, 5) is 26.9. The first-order valence-corrected chi connectivity index (χ1v) is 10.3. The summed E-state index contributed by atoms with van der Waals surface area (Å²) in [6.45, 7) is 6.60. The number of hydrogen-bond acceptors (Lipinski definition) is 4. The SMILES string of the molecule is CCOC(=O)C1=C(CN2CCC(Cc3ccccc3)CC2)NC(=O)N[C@@H]1CC. The maximum atomic E-state index is 12.5. The maximum Gasteiger partial charge on any atom is 0.337 e. The van der Waals surface area contributed by atoms with Crippen molar-refractivity contribution in [2.45, 2.75) is 45.6 Å². The van der Waals surface area contributed by atoms with Gasteiger partial charge in [-0.3, -0.25) is 4.90 Å². The molecular formula is C22H31N3O3. The lowest BCUT2D eigenvalue weighted by molar-refractivity contribution is -0.139. The summed E-state index contributed by atoms with van der Waals surface area (Å²) in [6.07, 6.45) is 4.02. The molecule has 0 bridgehead atoms. The number of hydrogen-bond donors (Lipinski definition) is 2. The molecule has 1 aromatic rings. The zero-order valence-electron chi connectivity index (χ0n) is 16.9. The smallest absolute Gasteiger partial charge is 0.337 e. The van der Waals surface area contributed by atoms with Crippen LogP contribution in [0.5, 0.6) is 0 Å². The van der Waals surface area contributed by atoms with E-state index in [-0.39, 0.29) is 18.0 Å². The van der Waals surface area contributed by atoms with E-state index in [1.807, 2.05) is 6.92 Å². The second kappa shape index (κ2) is 9.73. The summed E-state index contributed by atoms with van der Waals surface area (Å²) >= 11 is 0. The van der Waals surface area contributed by atoms with E-state index in [1.54, 1.807) is 6.92 Å². The topological polar surface area (TPSA) is 70.7 Å². The van der Waals surface area contributed by atoms with Crippen molar-refractivity contribution in [3.05, 3.63) is 47.2 Å². The van der Waals surface area contributed by atoms with Gasteiger partial charge in [-0.15, -0.1) is 0 Å². The number of ether oxygens (including phenoxy) is 1. The molecule has 3 rings (SSSR count). The van der Waals surface area contributed by atoms with Crippen molar-refractivity contribution in [2.24, 2.45) is 5.92 Å². The van der Waals surface area contributed by atoms with Crippen LogP contribution in [0.15, 0.2) is 41.6 Å². The molecule has 0 spiro atoms. The summed E-state index contributed by atoms with van der Waals surface area (Å²) in [7, 11) is 0. The number of benzene rings is 1. The molecule has 1 saturated heterocycles. The van der Waals surface area contributed by atoms with Crippen molar-refractivity contribution in [1.29, 1.82) is 0 Å². The van der Waals surface area contributed by atoms with Gasteiger partial charge in [0.15, 0.2) is 0 Å². The van der Waals surface area contributed by atoms with Crippen LogP contribution in [0, 0.1) is 5.92 Å². The minimum atomic E-state index is -0.337. The third-order valence-corrected chi connectivity index (χ3v) is 5.60. The van der Waals surface area contributed by atoms with Gasteiger partial charge in [0.2, 0.25) is 0 Å². The van der Waals surface area contributed by atoms with Crippen molar-refractivity contribution < 1.29 is 14.3 Å². The van der Waals surface area contributed by atoms with Gasteiger partial charge in [0.1, 0.15) is 0 Å². The number of likely N-dealkylation sites (tertiary alicyclic amines) is 1. The van der Waals surface area contributed by atoms with Gasteiger partial charge >= 0.3 is 12.0 Å². The Kier molecular flexibility index (Phi) is 7.09. The summed E-state index contributed by atoms with van der Waals surface area (Å²) in [5, 5.41) is 5.69. The van der Waals surface area contributed by atoms with Crippen molar-refractivity contribution in [3.63, 3.8) is 0 Å². The molecule has 2 aliphatic heterocycles. The van der Waals surface area contributed by atoms with E-state index in [1.165, 1.54) is 5.56 Å². The van der Waals surface area contributed by atoms with Gasteiger partial charge in [0, 0.05) is 12.2 Å². The fourth-order valence-corrected chi connectivity index (χ4v) is 4.11. The molecule has 1 atom stereocenters. The van der Waals surface area contributed by atoms with E-state index < -0.39 is 0 Å². The van der Waals surface area contributed by atoms with Crippen LogP contribution in [0.25, 0.3) is 0 Å². The Labute approximate surface area is 167 Å². The lowest BCUT2D eigenvalue weighted by Gasteiger charge is -2.35. The fourth-order valence-electron chi connectivity index (χ4n) is 4.11. The number of esters is 1. The molecule has 0 aromatic heterocycles. The van der Waals surface area contributed by atoms with Crippen molar-refractivity contribution in [3.8, 4) is 0 Å². The van der Waals surface area contributed by atoms with Gasteiger partial charge in [-0.1, -0.05) is 37.3 Å². The number of amides is 2. The van der Waals surface area contributed by atoms with E-state index in [0.717, 1.165) is 32.4 Å². The standard InChI is InChI=1S/C22H31N3O3/c1-3-18-20(21(26)28-4-2)19(24-22(27)23-18)15-25-12-10-17(11-13-25)14-16-8-6-5-7-9-16/h5-9,17-18H,3-4,10-15H2,1-2H3,(H2,23,24,27)/t18-/m1/s1. The average Bonchev–Trinajstić information content (AvgIpc) is 2.70. The molecule has 6 nitrogen and oxygen atoms in total. The van der Waals surface area contributed by atoms with Crippen molar-refractivity contribution in [2.75, 3.05) is 26.2 Å². The number of nitrogens with zero attached hydrogens (tertiary/aromatic N) is 1. The Morgan fingerprint density at radius 2 is 1.89 bits per heavy atom. The third kappa shape index (κ3) is 5.13. The monoisotopic (exact) mass is 385 g/mol. The highest BCUT2D eigenvalue weighted by Gasteiger charge is 2.32. The Bertz CT molecular complexity index is 709. The van der Waals surface area contributed by atoms with Crippen LogP contribution < -0.4 is 10.6 Å². The predicted octanol–water partition coefficient (Wildman–Crippen LogP) is 2.85. The van der Waals surface area contributed by atoms with Crippen LogP contribution in [0.2, 0.25) is 0 Å². The summed E-state index contributed by atoms with van der Waals surface area (Å²) in [6, 6.07) is 10.1. The number of piperidine rings is 1. The Morgan fingerprint density at radius 3 is 2.54 bits per heavy atom. The highest BCUT2D eigenvalue weighted by molar-refractivity contribution is 5.94. The molecule has 0 unspecified atom stereocenters. The quantitative estimate of drug-likeness (QED) is 0.708. The van der Waals surface area contributed by atoms with Crippen LogP contribution in [0.1, 0.15) is 38.7 Å². The second-order valence-corrected chi connectivity index (χ2v) is 7.58. The largest absolute Gasteiger partial charge is 0.463 e. The molecule has 28 heavy (non-hydrogen) atoms. The number of nitrogens with one attached hydrogen (secondary N) is 2. The van der Waals surface area contributed by atoms with E-state index in [0.29, 0.717) is 36.8 Å². The van der Waals surface area contributed by atoms with Crippen LogP contribution in [0.4, 0.5) is 4.79 Å². The zero-order chi connectivity index (χ0) is 19.9. The normalized spacial score (nSPS) is 21.2. The van der Waals surface area contributed by atoms with Gasteiger partial charge < -0.3 is 15.4 Å². The highest BCUT2D eigenvalue weighted by Crippen LogP contribution is 2.24. The number of carbonyl (C=O) groups excluding carboxylic acids is 2. The molecule has 1 fully saturated rings. The molecule has 0 saturated carbocycles. The van der Waals surface area contributed by atoms with E-state index in [9.17, 15) is 9.59 Å². The lowest BCUT2D eigenvalue weighted by atomic mass is 9.90. The first-order valence-electron chi connectivity index (χ1n) is 10.3.